The molecule has 2 heterocycles. The summed E-state index contributed by atoms with van der Waals surface area (Å²) < 4.78 is 3.05. The van der Waals surface area contributed by atoms with Crippen LogP contribution in [0, 0.1) is 20.2 Å². The number of nitro groups is 2. The number of hydrogen-bond donors (Lipinski definition) is 4. The molecule has 0 radical (unpaired) electrons. The molecule has 240 valence electrons. The zero-order chi connectivity index (χ0) is 34.1. The molecule has 48 heavy (non-hydrogen) atoms. The summed E-state index contributed by atoms with van der Waals surface area (Å²) in [6.07, 6.45) is 5.76. The van der Waals surface area contributed by atoms with E-state index in [1.807, 2.05) is 36.4 Å². The number of ketones is 1. The molecule has 0 fully saturated rings. The number of benzene rings is 4. The summed E-state index contributed by atoms with van der Waals surface area (Å²) >= 11 is 0. The molecule has 2 aromatic heterocycles. The van der Waals surface area contributed by atoms with Gasteiger partial charge in [-0.2, -0.15) is 0 Å². The van der Waals surface area contributed by atoms with Gasteiger partial charge < -0.3 is 29.6 Å². The van der Waals surface area contributed by atoms with Crippen molar-refractivity contribution in [3.05, 3.63) is 140 Å². The van der Waals surface area contributed by atoms with Gasteiger partial charge in [-0.1, -0.05) is 60.7 Å². The number of phenolic OH excluding ortho intramolecular Hbond substituents is 4. The third kappa shape index (κ3) is 5.51. The summed E-state index contributed by atoms with van der Waals surface area (Å²) in [5, 5.41) is 67.6. The number of aromatic hydroxyl groups is 4. The van der Waals surface area contributed by atoms with Crippen LogP contribution < -0.4 is 0 Å². The first kappa shape index (κ1) is 31.0. The lowest BCUT2D eigenvalue weighted by atomic mass is 9.91. The van der Waals surface area contributed by atoms with Crippen molar-refractivity contribution < 1.29 is 35.1 Å². The maximum Gasteiger partial charge on any atom is 0.315 e. The Balaban J connectivity index is 1.60. The van der Waals surface area contributed by atoms with Crippen LogP contribution in [0.15, 0.2) is 97.6 Å². The fraction of sp³-hybridized carbons (Fsp3) is 0.0606. The van der Waals surface area contributed by atoms with Gasteiger partial charge >= 0.3 is 11.4 Å². The van der Waals surface area contributed by atoms with Crippen LogP contribution in [0.5, 0.6) is 23.0 Å². The first-order chi connectivity index (χ1) is 23.1. The van der Waals surface area contributed by atoms with Crippen molar-refractivity contribution in [3.63, 3.8) is 0 Å². The molecule has 0 atom stereocenters. The Labute approximate surface area is 270 Å². The van der Waals surface area contributed by atoms with Crippen molar-refractivity contribution in [2.45, 2.75) is 13.1 Å². The van der Waals surface area contributed by atoms with Crippen LogP contribution in [0.3, 0.4) is 0 Å². The minimum absolute atomic E-state index is 0.0745. The number of carbonyl (C=O) groups is 1. The van der Waals surface area contributed by atoms with Crippen molar-refractivity contribution in [1.29, 1.82) is 0 Å². The maximum atomic E-state index is 14.6. The normalized spacial score (nSPS) is 11.0. The first-order valence-electron chi connectivity index (χ1n) is 14.2. The highest BCUT2D eigenvalue weighted by Gasteiger charge is 2.35. The number of imidazole rings is 2. The number of nitrogens with zero attached hydrogens (tertiary/aromatic N) is 6. The van der Waals surface area contributed by atoms with Gasteiger partial charge in [-0.05, 0) is 11.1 Å². The lowest BCUT2D eigenvalue weighted by molar-refractivity contribution is -0.386. The summed E-state index contributed by atoms with van der Waals surface area (Å²) in [6, 6.07) is 19.5. The van der Waals surface area contributed by atoms with E-state index in [1.54, 1.807) is 24.3 Å². The molecule has 0 bridgehead atoms. The van der Waals surface area contributed by atoms with E-state index in [-0.39, 0.29) is 24.7 Å². The number of carbonyl (C=O) groups excluding carboxylic acids is 1. The van der Waals surface area contributed by atoms with Crippen molar-refractivity contribution in [3.8, 4) is 45.8 Å². The van der Waals surface area contributed by atoms with Gasteiger partial charge in [0.1, 0.15) is 11.6 Å². The molecular formula is C33H24N6O9. The summed E-state index contributed by atoms with van der Waals surface area (Å²) in [6.45, 7) is 0.350. The third-order valence-corrected chi connectivity index (χ3v) is 7.66. The molecule has 4 aromatic carbocycles. The Morgan fingerprint density at radius 1 is 0.625 bits per heavy atom. The topological polar surface area (TPSA) is 220 Å². The first-order valence-corrected chi connectivity index (χ1v) is 14.2. The fourth-order valence-corrected chi connectivity index (χ4v) is 5.41. The Bertz CT molecular complexity index is 2060. The van der Waals surface area contributed by atoms with Gasteiger partial charge in [0.05, 0.1) is 21.0 Å². The van der Waals surface area contributed by atoms with Crippen LogP contribution in [0.2, 0.25) is 0 Å². The Kier molecular flexibility index (Phi) is 8.00. The molecule has 0 unspecified atom stereocenters. The second-order valence-electron chi connectivity index (χ2n) is 10.6. The molecule has 6 rings (SSSR count). The summed E-state index contributed by atoms with van der Waals surface area (Å²) in [4.78, 5) is 44.9. The van der Waals surface area contributed by atoms with E-state index >= 15 is 0 Å². The molecule has 6 aromatic rings. The molecule has 0 aliphatic carbocycles. The van der Waals surface area contributed by atoms with Crippen LogP contribution in [0.25, 0.3) is 22.8 Å². The largest absolute Gasteiger partial charge is 0.504 e. The Morgan fingerprint density at radius 3 is 1.35 bits per heavy atom. The highest BCUT2D eigenvalue weighted by Crippen LogP contribution is 2.49. The Morgan fingerprint density at radius 2 is 1.00 bits per heavy atom. The predicted molar refractivity (Wildman–Crippen MR) is 170 cm³/mol. The average Bonchev–Trinajstić information content (AvgIpc) is 3.73. The molecular weight excluding hydrogens is 624 g/mol. The molecule has 0 saturated heterocycles. The zero-order valence-electron chi connectivity index (χ0n) is 24.7. The van der Waals surface area contributed by atoms with Gasteiger partial charge in [0.25, 0.3) is 0 Å². The molecule has 4 N–H and O–H groups in total. The minimum Gasteiger partial charge on any atom is -0.504 e. The van der Waals surface area contributed by atoms with Crippen LogP contribution in [0.1, 0.15) is 27.0 Å². The van der Waals surface area contributed by atoms with Crippen LogP contribution >= 0.6 is 0 Å². The monoisotopic (exact) mass is 648 g/mol. The highest BCUT2D eigenvalue weighted by atomic mass is 16.6. The van der Waals surface area contributed by atoms with E-state index in [0.29, 0.717) is 12.1 Å². The van der Waals surface area contributed by atoms with Gasteiger partial charge in [-0.15, -0.1) is 0 Å². The number of rotatable bonds is 10. The van der Waals surface area contributed by atoms with Crippen LogP contribution in [-0.2, 0) is 13.1 Å². The second kappa shape index (κ2) is 12.4. The second-order valence-corrected chi connectivity index (χ2v) is 10.6. The quantitative estimate of drug-likeness (QED) is 0.0639. The van der Waals surface area contributed by atoms with Gasteiger partial charge in [-0.3, -0.25) is 25.0 Å². The van der Waals surface area contributed by atoms with E-state index in [4.69, 9.17) is 0 Å². The predicted octanol–water partition coefficient (Wildman–Crippen LogP) is 5.38. The van der Waals surface area contributed by atoms with Crippen LogP contribution in [0.4, 0.5) is 11.4 Å². The molecule has 0 spiro atoms. The van der Waals surface area contributed by atoms with E-state index in [2.05, 4.69) is 9.97 Å². The lowest BCUT2D eigenvalue weighted by Gasteiger charge is -2.17. The van der Waals surface area contributed by atoms with Gasteiger partial charge in [0.2, 0.25) is 11.5 Å². The number of nitro benzene ring substituents is 2. The molecule has 15 heteroatoms. The Hall–Kier alpha value is -7.03. The van der Waals surface area contributed by atoms with Gasteiger partial charge in [-0.25, -0.2) is 9.97 Å². The van der Waals surface area contributed by atoms with Gasteiger partial charge in [0, 0.05) is 61.1 Å². The summed E-state index contributed by atoms with van der Waals surface area (Å²) in [5.74, 6) is -5.67. The van der Waals surface area contributed by atoms with Crippen molar-refractivity contribution >= 4 is 17.2 Å². The number of phenols is 4. The van der Waals surface area contributed by atoms with Gasteiger partial charge in [0.15, 0.2) is 17.3 Å². The SMILES string of the molecule is O=C(c1cc([N+](=O)[O-])c(O)c(O)c1-c1nccn1Cc1ccccc1)c1cc([N+](=O)[O-])c(O)c(O)c1-c1nccn1Cc1ccccc1. The lowest BCUT2D eigenvalue weighted by Crippen LogP contribution is -2.12. The van der Waals surface area contributed by atoms with Crippen molar-refractivity contribution in [2.24, 2.45) is 0 Å². The number of aromatic nitrogens is 4. The summed E-state index contributed by atoms with van der Waals surface area (Å²) in [5.41, 5.74) is -2.49. The fourth-order valence-electron chi connectivity index (χ4n) is 5.41. The standard InChI is InChI=1S/C33H24N6O9/c40-27(21-15-23(38(45)46)28(41)30(43)25(21)32-34-11-13-36(32)17-19-7-3-1-4-8-19)22-16-24(39(47)48)29(42)31(44)26(22)33-35-12-14-37(33)18-20-9-5-2-6-10-20/h1-16,41-44H,17-18H2. The molecule has 0 amide bonds. The molecule has 0 aliphatic heterocycles. The van der Waals surface area contributed by atoms with E-state index in [9.17, 15) is 45.4 Å². The maximum absolute atomic E-state index is 14.6. The smallest absolute Gasteiger partial charge is 0.315 e. The highest BCUT2D eigenvalue weighted by molar-refractivity contribution is 6.18. The molecule has 0 saturated carbocycles. The summed E-state index contributed by atoms with van der Waals surface area (Å²) in [7, 11) is 0. The number of hydrogen-bond acceptors (Lipinski definition) is 11. The molecule has 15 nitrogen and oxygen atoms in total. The van der Waals surface area contributed by atoms with E-state index < -0.39 is 72.3 Å². The zero-order valence-corrected chi connectivity index (χ0v) is 24.7. The van der Waals surface area contributed by atoms with Crippen molar-refractivity contribution in [1.82, 2.24) is 19.1 Å². The van der Waals surface area contributed by atoms with E-state index in [0.717, 1.165) is 11.1 Å². The van der Waals surface area contributed by atoms with Crippen LogP contribution in [-0.4, -0.2) is 55.2 Å². The third-order valence-electron chi connectivity index (χ3n) is 7.66. The molecule has 0 aliphatic rings. The average molecular weight is 649 g/mol. The minimum atomic E-state index is -1.15. The van der Waals surface area contributed by atoms with E-state index in [1.165, 1.54) is 33.9 Å². The van der Waals surface area contributed by atoms with Crippen molar-refractivity contribution in [2.75, 3.05) is 0 Å².